The number of thioether (sulfide) groups is 1. The predicted molar refractivity (Wildman–Crippen MR) is 77.1 cm³/mol. The van der Waals surface area contributed by atoms with Gasteiger partial charge in [0.25, 0.3) is 0 Å². The molecule has 0 spiro atoms. The summed E-state index contributed by atoms with van der Waals surface area (Å²) in [7, 11) is -1.49. The van der Waals surface area contributed by atoms with Crippen LogP contribution in [0.1, 0.15) is 27.2 Å². The zero-order chi connectivity index (χ0) is 13.5. The lowest BCUT2D eigenvalue weighted by atomic mass is 10.3. The first-order valence-corrected chi connectivity index (χ1v) is 8.97. The summed E-state index contributed by atoms with van der Waals surface area (Å²) in [6.45, 7) is 7.08. The molecule has 0 bridgehead atoms. The highest BCUT2D eigenvalue weighted by Gasteiger charge is 2.29. The minimum atomic E-state index is -3.19. The molecule has 0 aromatic carbocycles. The van der Waals surface area contributed by atoms with E-state index in [-0.39, 0.29) is 11.3 Å². The fraction of sp³-hybridized carbons (Fsp3) is 1.00. The van der Waals surface area contributed by atoms with Gasteiger partial charge in [0.05, 0.1) is 5.25 Å². The van der Waals surface area contributed by atoms with Crippen molar-refractivity contribution in [2.24, 2.45) is 0 Å². The topological polar surface area (TPSA) is 49.4 Å². The predicted octanol–water partition coefficient (Wildman–Crippen LogP) is 1.39. The first kappa shape index (κ1) is 17.2. The van der Waals surface area contributed by atoms with E-state index in [1.165, 1.54) is 0 Å². The van der Waals surface area contributed by atoms with Crippen molar-refractivity contribution in [3.05, 3.63) is 0 Å². The molecule has 0 amide bonds. The van der Waals surface area contributed by atoms with Crippen LogP contribution in [0.4, 0.5) is 0 Å². The summed E-state index contributed by atoms with van der Waals surface area (Å²) >= 11 is 1.69. The molecule has 2 atom stereocenters. The van der Waals surface area contributed by atoms with Crippen molar-refractivity contribution in [2.45, 2.75) is 38.5 Å². The number of hydrogen-bond acceptors (Lipinski definition) is 4. The minimum Gasteiger partial charge on any atom is -0.316 e. The standard InChI is InChI=1S/C11H26N2O2S2/c1-6-11(9-16-5)13(4)17(14,15)10(3)8-12-7-2/h10-12H,6-9H2,1-5H3. The van der Waals surface area contributed by atoms with Crippen LogP contribution in [0.15, 0.2) is 0 Å². The Labute approximate surface area is 111 Å². The summed E-state index contributed by atoms with van der Waals surface area (Å²) in [5, 5.41) is 2.72. The quantitative estimate of drug-likeness (QED) is 0.694. The molecule has 0 aromatic heterocycles. The van der Waals surface area contributed by atoms with Crippen LogP contribution in [0.2, 0.25) is 0 Å². The van der Waals surface area contributed by atoms with Crippen LogP contribution in [-0.2, 0) is 10.0 Å². The van der Waals surface area contributed by atoms with Crippen molar-refractivity contribution in [1.29, 1.82) is 0 Å². The van der Waals surface area contributed by atoms with E-state index in [4.69, 9.17) is 0 Å². The van der Waals surface area contributed by atoms with Gasteiger partial charge in [0.15, 0.2) is 0 Å². The van der Waals surface area contributed by atoms with Gasteiger partial charge >= 0.3 is 0 Å². The second-order valence-electron chi connectivity index (χ2n) is 4.20. The van der Waals surface area contributed by atoms with Gasteiger partial charge in [-0.05, 0) is 26.1 Å². The van der Waals surface area contributed by atoms with Gasteiger partial charge in [0.1, 0.15) is 0 Å². The van der Waals surface area contributed by atoms with Crippen LogP contribution in [0.3, 0.4) is 0 Å². The molecular formula is C11H26N2O2S2. The molecule has 2 unspecified atom stereocenters. The van der Waals surface area contributed by atoms with Crippen LogP contribution < -0.4 is 5.32 Å². The molecule has 0 saturated carbocycles. The third kappa shape index (κ3) is 5.16. The lowest BCUT2D eigenvalue weighted by Gasteiger charge is -2.29. The maximum Gasteiger partial charge on any atom is 0.217 e. The SMILES string of the molecule is CCNCC(C)S(=O)(=O)N(C)C(CC)CSC. The van der Waals surface area contributed by atoms with Crippen LogP contribution in [0, 0.1) is 0 Å². The Morgan fingerprint density at radius 3 is 2.35 bits per heavy atom. The van der Waals surface area contributed by atoms with Gasteiger partial charge in [-0.25, -0.2) is 12.7 Å². The molecule has 4 nitrogen and oxygen atoms in total. The number of hydrogen-bond donors (Lipinski definition) is 1. The highest BCUT2D eigenvalue weighted by atomic mass is 32.2. The average Bonchev–Trinajstić information content (AvgIpc) is 2.31. The Morgan fingerprint density at radius 2 is 1.94 bits per heavy atom. The second kappa shape index (κ2) is 8.34. The van der Waals surface area contributed by atoms with Crippen LogP contribution in [0.5, 0.6) is 0 Å². The smallest absolute Gasteiger partial charge is 0.217 e. The van der Waals surface area contributed by atoms with E-state index in [9.17, 15) is 8.42 Å². The number of rotatable bonds is 9. The van der Waals surface area contributed by atoms with E-state index in [0.717, 1.165) is 18.7 Å². The van der Waals surface area contributed by atoms with Crippen molar-refractivity contribution in [2.75, 3.05) is 32.1 Å². The molecule has 0 aromatic rings. The number of sulfonamides is 1. The highest BCUT2D eigenvalue weighted by Crippen LogP contribution is 2.15. The van der Waals surface area contributed by atoms with E-state index in [1.54, 1.807) is 30.0 Å². The summed E-state index contributed by atoms with van der Waals surface area (Å²) in [6, 6.07) is 0.0964. The van der Waals surface area contributed by atoms with Crippen molar-refractivity contribution < 1.29 is 8.42 Å². The summed E-state index contributed by atoms with van der Waals surface area (Å²) in [5.74, 6) is 0.847. The third-order valence-electron chi connectivity index (χ3n) is 2.94. The molecule has 104 valence electrons. The number of nitrogens with one attached hydrogen (secondary N) is 1. The van der Waals surface area contributed by atoms with Gasteiger partial charge < -0.3 is 5.32 Å². The molecule has 0 radical (unpaired) electrons. The van der Waals surface area contributed by atoms with Gasteiger partial charge in [0.2, 0.25) is 10.0 Å². The third-order valence-corrected chi connectivity index (χ3v) is 5.94. The first-order chi connectivity index (χ1) is 7.91. The summed E-state index contributed by atoms with van der Waals surface area (Å²) < 4.78 is 26.1. The second-order valence-corrected chi connectivity index (χ2v) is 7.52. The van der Waals surface area contributed by atoms with Crippen LogP contribution in [-0.4, -0.2) is 56.2 Å². The Kier molecular flexibility index (Phi) is 8.45. The van der Waals surface area contributed by atoms with E-state index >= 15 is 0 Å². The maximum absolute atomic E-state index is 12.3. The van der Waals surface area contributed by atoms with Crippen molar-refractivity contribution in [3.8, 4) is 0 Å². The van der Waals surface area contributed by atoms with Crippen LogP contribution in [0.25, 0.3) is 0 Å². The normalized spacial score (nSPS) is 16.1. The van der Waals surface area contributed by atoms with Crippen LogP contribution >= 0.6 is 11.8 Å². The van der Waals surface area contributed by atoms with Gasteiger partial charge in [0, 0.05) is 25.4 Å². The molecule has 0 aliphatic rings. The summed E-state index contributed by atoms with van der Waals surface area (Å²) in [4.78, 5) is 0. The molecule has 0 aliphatic carbocycles. The molecule has 0 rings (SSSR count). The Balaban J connectivity index is 4.66. The number of nitrogens with zero attached hydrogens (tertiary/aromatic N) is 1. The first-order valence-electron chi connectivity index (χ1n) is 6.08. The molecule has 0 saturated heterocycles. The lowest BCUT2D eigenvalue weighted by molar-refractivity contribution is 0.379. The fourth-order valence-corrected chi connectivity index (χ4v) is 4.09. The largest absolute Gasteiger partial charge is 0.316 e. The molecule has 0 fully saturated rings. The Hall–Kier alpha value is 0.220. The van der Waals surface area contributed by atoms with E-state index < -0.39 is 10.0 Å². The monoisotopic (exact) mass is 282 g/mol. The minimum absolute atomic E-state index is 0.0964. The molecule has 0 heterocycles. The molecule has 6 heteroatoms. The van der Waals surface area contributed by atoms with Crippen molar-refractivity contribution in [3.63, 3.8) is 0 Å². The lowest BCUT2D eigenvalue weighted by Crippen LogP contribution is -2.45. The maximum atomic E-state index is 12.3. The van der Waals surface area contributed by atoms with Gasteiger partial charge in [-0.15, -0.1) is 0 Å². The summed E-state index contributed by atoms with van der Waals surface area (Å²) in [6.07, 6.45) is 2.86. The molecule has 17 heavy (non-hydrogen) atoms. The fourth-order valence-electron chi connectivity index (χ4n) is 1.62. The molecule has 1 N–H and O–H groups in total. The van der Waals surface area contributed by atoms with Crippen molar-refractivity contribution >= 4 is 21.8 Å². The zero-order valence-electron chi connectivity index (χ0n) is 11.6. The van der Waals surface area contributed by atoms with Gasteiger partial charge in [-0.3, -0.25) is 0 Å². The molecule has 0 aliphatic heterocycles. The molecular weight excluding hydrogens is 256 g/mol. The summed E-state index contributed by atoms with van der Waals surface area (Å²) in [5.41, 5.74) is 0. The van der Waals surface area contributed by atoms with E-state index in [1.807, 2.05) is 20.1 Å². The van der Waals surface area contributed by atoms with Gasteiger partial charge in [-0.2, -0.15) is 11.8 Å². The van der Waals surface area contributed by atoms with E-state index in [0.29, 0.717) is 6.54 Å². The zero-order valence-corrected chi connectivity index (χ0v) is 13.2. The van der Waals surface area contributed by atoms with E-state index in [2.05, 4.69) is 5.32 Å². The van der Waals surface area contributed by atoms with Gasteiger partial charge in [-0.1, -0.05) is 13.8 Å². The average molecular weight is 282 g/mol. The Bertz CT molecular complexity index is 294. The Morgan fingerprint density at radius 1 is 1.35 bits per heavy atom. The highest BCUT2D eigenvalue weighted by molar-refractivity contribution is 7.98. The van der Waals surface area contributed by atoms with Crippen molar-refractivity contribution in [1.82, 2.24) is 9.62 Å².